The largest absolute Gasteiger partial charge is 0.497 e. The van der Waals surface area contributed by atoms with Gasteiger partial charge in [0.2, 0.25) is 0 Å². The molecule has 0 atom stereocenters. The first-order valence-electron chi connectivity index (χ1n) is 6.32. The average Bonchev–Trinajstić information content (AvgIpc) is 2.48. The van der Waals surface area contributed by atoms with Crippen molar-refractivity contribution in [2.75, 3.05) is 7.11 Å². The topological polar surface area (TPSA) is 22.1 Å². The van der Waals surface area contributed by atoms with Crippen LogP contribution in [0, 0.1) is 0 Å². The zero-order valence-corrected chi connectivity index (χ0v) is 10.8. The summed E-state index contributed by atoms with van der Waals surface area (Å²) in [4.78, 5) is 4.34. The molecule has 0 bridgehead atoms. The van der Waals surface area contributed by atoms with E-state index in [-0.39, 0.29) is 0 Å². The Labute approximate surface area is 112 Å². The molecular formula is C17H15NO. The van der Waals surface area contributed by atoms with Crippen LogP contribution in [0.2, 0.25) is 0 Å². The van der Waals surface area contributed by atoms with E-state index in [9.17, 15) is 0 Å². The Balaban J connectivity index is 1.87. The Kier molecular flexibility index (Phi) is 3.15. The van der Waals surface area contributed by atoms with Crippen LogP contribution in [0.5, 0.6) is 5.75 Å². The van der Waals surface area contributed by atoms with Gasteiger partial charge < -0.3 is 4.74 Å². The van der Waals surface area contributed by atoms with E-state index in [4.69, 9.17) is 4.74 Å². The number of aromatic nitrogens is 1. The minimum atomic E-state index is 0.895. The summed E-state index contributed by atoms with van der Waals surface area (Å²) in [5.41, 5.74) is 3.62. The van der Waals surface area contributed by atoms with E-state index in [1.807, 2.05) is 24.4 Å². The van der Waals surface area contributed by atoms with E-state index in [2.05, 4.69) is 41.4 Å². The maximum absolute atomic E-state index is 5.17. The SMILES string of the molecule is COc1ccc(Cc2ccc3ncccc3c2)cc1. The first kappa shape index (κ1) is 11.7. The van der Waals surface area contributed by atoms with E-state index < -0.39 is 0 Å². The van der Waals surface area contributed by atoms with Crippen molar-refractivity contribution in [1.29, 1.82) is 0 Å². The first-order valence-corrected chi connectivity index (χ1v) is 6.32. The third-order valence-corrected chi connectivity index (χ3v) is 3.23. The Hall–Kier alpha value is -2.35. The molecule has 0 N–H and O–H groups in total. The maximum Gasteiger partial charge on any atom is 0.118 e. The van der Waals surface area contributed by atoms with Gasteiger partial charge in [0.15, 0.2) is 0 Å². The van der Waals surface area contributed by atoms with Gasteiger partial charge >= 0.3 is 0 Å². The summed E-state index contributed by atoms with van der Waals surface area (Å²) in [6, 6.07) is 18.7. The normalized spacial score (nSPS) is 10.6. The van der Waals surface area contributed by atoms with E-state index in [1.165, 1.54) is 16.5 Å². The zero-order chi connectivity index (χ0) is 13.1. The van der Waals surface area contributed by atoms with Crippen molar-refractivity contribution in [3.63, 3.8) is 0 Å². The third-order valence-electron chi connectivity index (χ3n) is 3.23. The second kappa shape index (κ2) is 5.11. The number of nitrogens with zero attached hydrogens (tertiary/aromatic N) is 1. The summed E-state index contributed by atoms with van der Waals surface area (Å²) >= 11 is 0. The second-order valence-electron chi connectivity index (χ2n) is 4.56. The number of rotatable bonds is 3. The summed E-state index contributed by atoms with van der Waals surface area (Å²) in [6.07, 6.45) is 2.75. The Morgan fingerprint density at radius 2 is 1.74 bits per heavy atom. The molecule has 0 spiro atoms. The van der Waals surface area contributed by atoms with Gasteiger partial charge in [-0.15, -0.1) is 0 Å². The van der Waals surface area contributed by atoms with E-state index in [0.29, 0.717) is 0 Å². The lowest BCUT2D eigenvalue weighted by molar-refractivity contribution is 0.414. The van der Waals surface area contributed by atoms with Crippen molar-refractivity contribution < 1.29 is 4.74 Å². The molecule has 1 aromatic heterocycles. The number of pyridine rings is 1. The van der Waals surface area contributed by atoms with Crippen molar-refractivity contribution in [2.45, 2.75) is 6.42 Å². The van der Waals surface area contributed by atoms with Crippen LogP contribution in [-0.2, 0) is 6.42 Å². The minimum absolute atomic E-state index is 0.895. The summed E-state index contributed by atoms with van der Waals surface area (Å²) in [7, 11) is 1.69. The average molecular weight is 249 g/mol. The highest BCUT2D eigenvalue weighted by molar-refractivity contribution is 5.79. The van der Waals surface area contributed by atoms with Gasteiger partial charge in [-0.05, 0) is 47.9 Å². The quantitative estimate of drug-likeness (QED) is 0.703. The van der Waals surface area contributed by atoms with Crippen LogP contribution >= 0.6 is 0 Å². The summed E-state index contributed by atoms with van der Waals surface area (Å²) in [5.74, 6) is 0.895. The zero-order valence-electron chi connectivity index (χ0n) is 10.8. The smallest absolute Gasteiger partial charge is 0.118 e. The molecule has 0 saturated carbocycles. The van der Waals surface area contributed by atoms with Crippen molar-refractivity contribution >= 4 is 10.9 Å². The number of fused-ring (bicyclic) bond motifs is 1. The lowest BCUT2D eigenvalue weighted by Gasteiger charge is -2.05. The molecule has 0 aliphatic heterocycles. The second-order valence-corrected chi connectivity index (χ2v) is 4.56. The fourth-order valence-electron chi connectivity index (χ4n) is 2.21. The van der Waals surface area contributed by atoms with Crippen LogP contribution in [0.1, 0.15) is 11.1 Å². The van der Waals surface area contributed by atoms with Crippen molar-refractivity contribution in [2.24, 2.45) is 0 Å². The molecule has 0 amide bonds. The molecule has 0 aliphatic carbocycles. The maximum atomic E-state index is 5.17. The van der Waals surface area contributed by atoms with Crippen LogP contribution in [0.3, 0.4) is 0 Å². The van der Waals surface area contributed by atoms with Gasteiger partial charge in [0.05, 0.1) is 12.6 Å². The molecule has 0 saturated heterocycles. The van der Waals surface area contributed by atoms with Crippen molar-refractivity contribution in [3.05, 3.63) is 71.9 Å². The van der Waals surface area contributed by atoms with E-state index in [1.54, 1.807) is 7.11 Å². The van der Waals surface area contributed by atoms with Crippen molar-refractivity contribution in [1.82, 2.24) is 4.98 Å². The molecule has 0 radical (unpaired) electrons. The van der Waals surface area contributed by atoms with Crippen LogP contribution in [-0.4, -0.2) is 12.1 Å². The van der Waals surface area contributed by atoms with Crippen LogP contribution in [0.15, 0.2) is 60.8 Å². The summed E-state index contributed by atoms with van der Waals surface area (Å²) < 4.78 is 5.17. The molecule has 94 valence electrons. The fraction of sp³-hybridized carbons (Fsp3) is 0.118. The predicted octanol–water partition coefficient (Wildman–Crippen LogP) is 3.83. The van der Waals surface area contributed by atoms with Gasteiger partial charge in [-0.1, -0.05) is 24.3 Å². The molecule has 0 unspecified atom stereocenters. The lowest BCUT2D eigenvalue weighted by Crippen LogP contribution is -1.89. The molecule has 3 rings (SSSR count). The molecule has 3 aromatic rings. The monoisotopic (exact) mass is 249 g/mol. The standard InChI is InChI=1S/C17H15NO/c1-19-16-7-4-13(5-8-16)11-14-6-9-17-15(12-14)3-2-10-18-17/h2-10,12H,11H2,1H3. The Morgan fingerprint density at radius 1 is 0.947 bits per heavy atom. The molecule has 1 heterocycles. The molecule has 2 heteroatoms. The number of hydrogen-bond donors (Lipinski definition) is 0. The van der Waals surface area contributed by atoms with Crippen molar-refractivity contribution in [3.8, 4) is 5.75 Å². The van der Waals surface area contributed by atoms with Gasteiger partial charge in [0, 0.05) is 11.6 Å². The first-order chi connectivity index (χ1) is 9.35. The number of hydrogen-bond acceptors (Lipinski definition) is 2. The fourth-order valence-corrected chi connectivity index (χ4v) is 2.21. The van der Waals surface area contributed by atoms with Crippen LogP contribution in [0.4, 0.5) is 0 Å². The molecule has 2 aromatic carbocycles. The van der Waals surface area contributed by atoms with Gasteiger partial charge in [0.1, 0.15) is 5.75 Å². The summed E-state index contributed by atoms with van der Waals surface area (Å²) in [5, 5.41) is 1.19. The Morgan fingerprint density at radius 3 is 2.53 bits per heavy atom. The Bertz CT molecular complexity index is 689. The van der Waals surface area contributed by atoms with Gasteiger partial charge in [-0.2, -0.15) is 0 Å². The lowest BCUT2D eigenvalue weighted by atomic mass is 10.0. The highest BCUT2D eigenvalue weighted by Crippen LogP contribution is 2.18. The molecule has 0 aliphatic rings. The van der Waals surface area contributed by atoms with E-state index >= 15 is 0 Å². The number of ether oxygens (including phenoxy) is 1. The highest BCUT2D eigenvalue weighted by atomic mass is 16.5. The van der Waals surface area contributed by atoms with Gasteiger partial charge in [-0.3, -0.25) is 4.98 Å². The van der Waals surface area contributed by atoms with Crippen LogP contribution in [0.25, 0.3) is 10.9 Å². The van der Waals surface area contributed by atoms with E-state index in [0.717, 1.165) is 17.7 Å². The van der Waals surface area contributed by atoms with Crippen LogP contribution < -0.4 is 4.74 Å². The minimum Gasteiger partial charge on any atom is -0.497 e. The number of methoxy groups -OCH3 is 1. The van der Waals surface area contributed by atoms with Gasteiger partial charge in [-0.25, -0.2) is 0 Å². The number of benzene rings is 2. The molecule has 0 fully saturated rings. The third kappa shape index (κ3) is 2.58. The van der Waals surface area contributed by atoms with Gasteiger partial charge in [0.25, 0.3) is 0 Å². The molecule has 2 nitrogen and oxygen atoms in total. The molecule has 19 heavy (non-hydrogen) atoms. The summed E-state index contributed by atoms with van der Waals surface area (Å²) in [6.45, 7) is 0. The molecular weight excluding hydrogens is 234 g/mol. The highest BCUT2D eigenvalue weighted by Gasteiger charge is 1.99. The predicted molar refractivity (Wildman–Crippen MR) is 77.5 cm³/mol.